The van der Waals surface area contributed by atoms with Crippen LogP contribution < -0.4 is 11.1 Å². The number of hydrogen-bond donors (Lipinski definition) is 3. The minimum absolute atomic E-state index is 0.0681. The van der Waals surface area contributed by atoms with E-state index in [1.54, 1.807) is 0 Å². The molecule has 0 aliphatic heterocycles. The van der Waals surface area contributed by atoms with Gasteiger partial charge in [0, 0.05) is 12.6 Å². The summed E-state index contributed by atoms with van der Waals surface area (Å²) in [6.45, 7) is 2.24. The Morgan fingerprint density at radius 3 is 2.61 bits per heavy atom. The Balaban J connectivity index is 2.98. The van der Waals surface area contributed by atoms with Crippen LogP contribution >= 0.6 is 0 Å². The van der Waals surface area contributed by atoms with Crippen molar-refractivity contribution in [3.05, 3.63) is 29.3 Å². The first-order valence-electron chi connectivity index (χ1n) is 5.69. The summed E-state index contributed by atoms with van der Waals surface area (Å²) in [6, 6.07) is 2.07. The van der Waals surface area contributed by atoms with Crippen LogP contribution in [0.2, 0.25) is 0 Å². The molecule has 18 heavy (non-hydrogen) atoms. The molecule has 0 amide bonds. The van der Waals surface area contributed by atoms with Crippen molar-refractivity contribution in [2.45, 2.75) is 25.8 Å². The van der Waals surface area contributed by atoms with Gasteiger partial charge >= 0.3 is 5.97 Å². The van der Waals surface area contributed by atoms with Crippen molar-refractivity contribution >= 4 is 11.7 Å². The van der Waals surface area contributed by atoms with E-state index >= 15 is 0 Å². The van der Waals surface area contributed by atoms with Gasteiger partial charge in [0.1, 0.15) is 0 Å². The number of carbonyl (C=O) groups is 1. The highest BCUT2D eigenvalue weighted by Crippen LogP contribution is 2.21. The van der Waals surface area contributed by atoms with Gasteiger partial charge in [-0.05, 0) is 18.6 Å². The Hall–Kier alpha value is -1.69. The number of halogens is 2. The third kappa shape index (κ3) is 3.16. The Kier molecular flexibility index (Phi) is 5.03. The number of carboxylic acids is 1. The third-order valence-corrected chi connectivity index (χ3v) is 2.59. The van der Waals surface area contributed by atoms with Crippen molar-refractivity contribution < 1.29 is 18.7 Å². The first-order valence-corrected chi connectivity index (χ1v) is 5.69. The predicted octanol–water partition coefficient (Wildman–Crippen LogP) is 2.20. The summed E-state index contributed by atoms with van der Waals surface area (Å²) in [5.41, 5.74) is 4.75. The van der Waals surface area contributed by atoms with Gasteiger partial charge in [-0.3, -0.25) is 0 Å². The third-order valence-electron chi connectivity index (χ3n) is 2.59. The quantitative estimate of drug-likeness (QED) is 0.731. The molecule has 0 fully saturated rings. The van der Waals surface area contributed by atoms with Gasteiger partial charge in [-0.1, -0.05) is 13.3 Å². The maximum atomic E-state index is 13.6. The highest BCUT2D eigenvalue weighted by molar-refractivity contribution is 5.88. The molecule has 6 heteroatoms. The van der Waals surface area contributed by atoms with Gasteiger partial charge < -0.3 is 16.2 Å². The van der Waals surface area contributed by atoms with Crippen LogP contribution in [-0.2, 0) is 0 Å². The molecule has 1 aromatic carbocycles. The molecule has 0 aromatic heterocycles. The minimum Gasteiger partial charge on any atom is -0.478 e. The van der Waals surface area contributed by atoms with Crippen LogP contribution in [-0.4, -0.2) is 23.7 Å². The topological polar surface area (TPSA) is 75.3 Å². The maximum absolute atomic E-state index is 13.6. The molecule has 1 rings (SSSR count). The molecule has 4 nitrogen and oxygen atoms in total. The van der Waals surface area contributed by atoms with Crippen molar-refractivity contribution in [3.63, 3.8) is 0 Å². The molecule has 0 saturated carbocycles. The van der Waals surface area contributed by atoms with Gasteiger partial charge in [0.25, 0.3) is 0 Å². The summed E-state index contributed by atoms with van der Waals surface area (Å²) in [4.78, 5) is 10.6. The van der Waals surface area contributed by atoms with Crippen molar-refractivity contribution in [3.8, 4) is 0 Å². The van der Waals surface area contributed by atoms with Gasteiger partial charge in [-0.15, -0.1) is 0 Å². The number of carboxylic acid groups (broad SMARTS) is 1. The van der Waals surface area contributed by atoms with E-state index in [0.29, 0.717) is 0 Å². The lowest BCUT2D eigenvalue weighted by Crippen LogP contribution is -2.29. The lowest BCUT2D eigenvalue weighted by atomic mass is 10.1. The Labute approximate surface area is 104 Å². The fourth-order valence-corrected chi connectivity index (χ4v) is 1.64. The summed E-state index contributed by atoms with van der Waals surface area (Å²) in [6.07, 6.45) is 1.57. The lowest BCUT2D eigenvalue weighted by Gasteiger charge is -2.18. The zero-order chi connectivity index (χ0) is 13.7. The highest BCUT2D eigenvalue weighted by atomic mass is 19.2. The van der Waals surface area contributed by atoms with E-state index in [4.69, 9.17) is 10.8 Å². The van der Waals surface area contributed by atoms with E-state index in [1.807, 2.05) is 6.92 Å². The molecule has 0 spiro atoms. The van der Waals surface area contributed by atoms with Crippen molar-refractivity contribution in [2.24, 2.45) is 5.73 Å². The zero-order valence-corrected chi connectivity index (χ0v) is 10.0. The average Bonchev–Trinajstić information content (AvgIpc) is 2.33. The van der Waals surface area contributed by atoms with E-state index in [2.05, 4.69) is 5.32 Å². The predicted molar refractivity (Wildman–Crippen MR) is 64.7 cm³/mol. The molecule has 1 atom stereocenters. The van der Waals surface area contributed by atoms with E-state index in [-0.39, 0.29) is 18.3 Å². The molecule has 0 radical (unpaired) electrons. The summed E-state index contributed by atoms with van der Waals surface area (Å²) in [5, 5.41) is 11.4. The molecule has 100 valence electrons. The number of nitrogens with two attached hydrogens (primary N) is 1. The highest BCUT2D eigenvalue weighted by Gasteiger charge is 2.19. The van der Waals surface area contributed by atoms with E-state index in [1.165, 1.54) is 6.07 Å². The number of aromatic carboxylic acids is 1. The van der Waals surface area contributed by atoms with Crippen molar-refractivity contribution in [1.82, 2.24) is 0 Å². The normalized spacial score (nSPS) is 12.2. The average molecular weight is 258 g/mol. The second-order valence-corrected chi connectivity index (χ2v) is 3.96. The van der Waals surface area contributed by atoms with Gasteiger partial charge in [-0.25, -0.2) is 13.6 Å². The van der Waals surface area contributed by atoms with Crippen LogP contribution in [0.4, 0.5) is 14.5 Å². The van der Waals surface area contributed by atoms with Crippen LogP contribution in [0.5, 0.6) is 0 Å². The minimum atomic E-state index is -1.50. The zero-order valence-electron chi connectivity index (χ0n) is 10.0. The number of hydrogen-bond acceptors (Lipinski definition) is 3. The standard InChI is InChI=1S/C12H16F2N2O2/c1-2-3-7(6-15)16-9-5-4-8(12(17)18)10(13)11(9)14/h4-5,7,16H,2-3,6,15H2,1H3,(H,17,18). The molecule has 4 N–H and O–H groups in total. The largest absolute Gasteiger partial charge is 0.478 e. The van der Waals surface area contributed by atoms with Crippen LogP contribution in [0, 0.1) is 11.6 Å². The molecular formula is C12H16F2N2O2. The summed E-state index contributed by atoms with van der Waals surface area (Å²) in [5.74, 6) is -4.05. The van der Waals surface area contributed by atoms with Crippen LogP contribution in [0.1, 0.15) is 30.1 Å². The Morgan fingerprint density at radius 2 is 2.11 bits per heavy atom. The Bertz CT molecular complexity index is 438. The van der Waals surface area contributed by atoms with Crippen LogP contribution in [0.3, 0.4) is 0 Å². The summed E-state index contributed by atoms with van der Waals surface area (Å²) >= 11 is 0. The summed E-state index contributed by atoms with van der Waals surface area (Å²) < 4.78 is 27.0. The maximum Gasteiger partial charge on any atom is 0.338 e. The SMILES string of the molecule is CCCC(CN)Nc1ccc(C(=O)O)c(F)c1F. The van der Waals surface area contributed by atoms with Crippen LogP contribution in [0.15, 0.2) is 12.1 Å². The first kappa shape index (κ1) is 14.4. The van der Waals surface area contributed by atoms with E-state index in [0.717, 1.165) is 18.9 Å². The fourth-order valence-electron chi connectivity index (χ4n) is 1.64. The second kappa shape index (κ2) is 6.30. The second-order valence-electron chi connectivity index (χ2n) is 3.96. The molecule has 1 unspecified atom stereocenters. The molecule has 0 saturated heterocycles. The fraction of sp³-hybridized carbons (Fsp3) is 0.417. The molecular weight excluding hydrogens is 242 g/mol. The van der Waals surface area contributed by atoms with Crippen molar-refractivity contribution in [2.75, 3.05) is 11.9 Å². The molecule has 0 heterocycles. The molecule has 0 aliphatic carbocycles. The molecule has 0 bridgehead atoms. The summed E-state index contributed by atoms with van der Waals surface area (Å²) in [7, 11) is 0. The van der Waals surface area contributed by atoms with Gasteiger partial charge in [0.15, 0.2) is 11.6 Å². The van der Waals surface area contributed by atoms with Gasteiger partial charge in [-0.2, -0.15) is 0 Å². The number of nitrogens with one attached hydrogen (secondary N) is 1. The van der Waals surface area contributed by atoms with E-state index in [9.17, 15) is 13.6 Å². The number of benzene rings is 1. The van der Waals surface area contributed by atoms with Crippen LogP contribution in [0.25, 0.3) is 0 Å². The van der Waals surface area contributed by atoms with E-state index < -0.39 is 23.2 Å². The monoisotopic (exact) mass is 258 g/mol. The Morgan fingerprint density at radius 1 is 1.44 bits per heavy atom. The smallest absolute Gasteiger partial charge is 0.338 e. The molecule has 1 aromatic rings. The van der Waals surface area contributed by atoms with Crippen molar-refractivity contribution in [1.29, 1.82) is 0 Å². The molecule has 0 aliphatic rings. The number of rotatable bonds is 6. The number of anilines is 1. The first-order chi connectivity index (χ1) is 8.51. The van der Waals surface area contributed by atoms with Gasteiger partial charge in [0.2, 0.25) is 0 Å². The van der Waals surface area contributed by atoms with Gasteiger partial charge in [0.05, 0.1) is 11.3 Å². The lowest BCUT2D eigenvalue weighted by molar-refractivity contribution is 0.0690.